The van der Waals surface area contributed by atoms with Crippen molar-refractivity contribution in [3.8, 4) is 11.5 Å². The van der Waals surface area contributed by atoms with E-state index in [4.69, 9.17) is 28.4 Å². The zero-order chi connectivity index (χ0) is 42.2. The Labute approximate surface area is 352 Å². The summed E-state index contributed by atoms with van der Waals surface area (Å²) < 4.78 is 51.8. The van der Waals surface area contributed by atoms with Gasteiger partial charge in [0.25, 0.3) is 5.91 Å². The predicted octanol–water partition coefficient (Wildman–Crippen LogP) is 9.68. The molecule has 0 radical (unpaired) electrons. The molecule has 2 aromatic heterocycles. The van der Waals surface area contributed by atoms with Gasteiger partial charge in [-0.15, -0.1) is 0 Å². The van der Waals surface area contributed by atoms with Crippen LogP contribution < -0.4 is 14.4 Å². The number of alkyl halides is 1. The molecule has 0 aliphatic carbocycles. The van der Waals surface area contributed by atoms with Gasteiger partial charge >= 0.3 is 0 Å². The van der Waals surface area contributed by atoms with Gasteiger partial charge in [-0.1, -0.05) is 93.6 Å². The fourth-order valence-electron chi connectivity index (χ4n) is 8.19. The van der Waals surface area contributed by atoms with E-state index in [1.165, 1.54) is 6.33 Å². The summed E-state index contributed by atoms with van der Waals surface area (Å²) in [5.74, 6) is 1.78. The monoisotopic (exact) mass is 828 g/mol. The molecule has 4 aromatic carbocycles. The minimum atomic E-state index is -2.57. The Bertz CT molecular complexity index is 2370. The Morgan fingerprint density at radius 2 is 1.42 bits per heavy atom. The highest BCUT2D eigenvalue weighted by Gasteiger charge is 2.53. The largest absolute Gasteiger partial charge is 0.497 e. The van der Waals surface area contributed by atoms with Crippen molar-refractivity contribution in [2.45, 2.75) is 82.0 Å². The Hall–Kier alpha value is -5.40. The number of carbonyl (C=O) groups excluding carboxylic acids is 1. The van der Waals surface area contributed by atoms with Gasteiger partial charge in [-0.3, -0.25) is 9.69 Å². The van der Waals surface area contributed by atoms with Gasteiger partial charge in [-0.2, -0.15) is 0 Å². The van der Waals surface area contributed by atoms with Crippen LogP contribution in [0, 0.1) is 0 Å². The average molecular weight is 829 g/mol. The van der Waals surface area contributed by atoms with Gasteiger partial charge in [0, 0.05) is 18.3 Å². The van der Waals surface area contributed by atoms with Crippen LogP contribution in [0.5, 0.6) is 11.5 Å². The zero-order valence-electron chi connectivity index (χ0n) is 35.3. The van der Waals surface area contributed by atoms with Crippen molar-refractivity contribution < 1.29 is 32.6 Å². The number of aromatic nitrogens is 3. The average Bonchev–Trinajstić information content (AvgIpc) is 3.71. The van der Waals surface area contributed by atoms with Crippen LogP contribution in [0.4, 0.5) is 10.2 Å². The van der Waals surface area contributed by atoms with Crippen LogP contribution in [0.25, 0.3) is 11.0 Å². The molecule has 1 amide bonds. The first kappa shape index (κ1) is 41.3. The molecule has 0 bridgehead atoms. The first-order chi connectivity index (χ1) is 28.9. The number of rotatable bonds is 12. The number of anilines is 1. The fraction of sp³-hybridized carbons (Fsp3) is 0.354. The highest BCUT2D eigenvalue weighted by Crippen LogP contribution is 2.47. The van der Waals surface area contributed by atoms with Gasteiger partial charge in [0.1, 0.15) is 47.1 Å². The highest BCUT2D eigenvalue weighted by molar-refractivity contribution is 6.74. The van der Waals surface area contributed by atoms with Crippen molar-refractivity contribution in [3.63, 3.8) is 0 Å². The van der Waals surface area contributed by atoms with E-state index in [1.807, 2.05) is 103 Å². The number of ether oxygens (including phenoxy) is 4. The third-order valence-corrected chi connectivity index (χ3v) is 16.9. The summed E-state index contributed by atoms with van der Waals surface area (Å²) in [6.07, 6.45) is 0.236. The molecular weight excluding hydrogens is 776 g/mol. The Balaban J connectivity index is 1.21. The number of methoxy groups -OCH3 is 2. The number of carbonyl (C=O) groups is 1. The number of halogens is 1. The maximum Gasteiger partial charge on any atom is 0.259 e. The van der Waals surface area contributed by atoms with Gasteiger partial charge in [-0.05, 0) is 89.6 Å². The first-order valence-corrected chi connectivity index (χ1v) is 23.4. The van der Waals surface area contributed by atoms with Gasteiger partial charge in [0.05, 0.1) is 26.2 Å². The summed E-state index contributed by atoms with van der Waals surface area (Å²) in [4.78, 5) is 24.9. The van der Waals surface area contributed by atoms with Crippen LogP contribution in [-0.2, 0) is 25.9 Å². The molecule has 0 N–H and O–H groups in total. The van der Waals surface area contributed by atoms with Crippen LogP contribution in [0.2, 0.25) is 18.1 Å². The van der Waals surface area contributed by atoms with Crippen molar-refractivity contribution in [3.05, 3.63) is 150 Å². The molecule has 6 aromatic rings. The van der Waals surface area contributed by atoms with Crippen LogP contribution in [0.3, 0.4) is 0 Å². The number of amides is 1. The number of aryl methyl sites for hydroxylation is 1. The molecule has 2 aliphatic heterocycles. The number of hydrogen-bond donors (Lipinski definition) is 0. The molecule has 0 spiro atoms. The Kier molecular flexibility index (Phi) is 11.4. The summed E-state index contributed by atoms with van der Waals surface area (Å²) >= 11 is 0. The molecule has 60 heavy (non-hydrogen) atoms. The minimum Gasteiger partial charge on any atom is -0.497 e. The topological polar surface area (TPSA) is 97.2 Å². The lowest BCUT2D eigenvalue weighted by Crippen LogP contribution is -2.49. The highest BCUT2D eigenvalue weighted by atomic mass is 28.4. The van der Waals surface area contributed by atoms with E-state index < -0.39 is 38.5 Å². The SMILES string of the molecule is COc1ccc(C(OC[C@H]2O[C@@H](n3cc4c5c(ncnc53)N(C(=O)c3ccccc3)CCC4)[C@@H](F)C2O[Si](C)(C)C(C)(C)C)(c2ccccc2)c2ccc(OC)cc2)cc1. The maximum absolute atomic E-state index is 17.7. The summed E-state index contributed by atoms with van der Waals surface area (Å²) in [5, 5.41) is 0.510. The molecule has 8 rings (SSSR count). The van der Waals surface area contributed by atoms with E-state index in [2.05, 4.69) is 38.8 Å². The second-order valence-corrected chi connectivity index (χ2v) is 21.8. The molecule has 4 heterocycles. The standard InChI is InChI=1S/C48H53FN4O6Si/c1-47(2,3)60(6,7)59-42-39(30-57-48(34-18-12-9-13-19-34,35-20-24-37(55-4)25-21-35)36-22-26-38(56-5)27-23-36)58-46(41(42)49)53-29-33-17-14-28-52(43-40(33)44(53)51-31-50-43)45(54)32-15-10-8-11-16-32/h8-13,15-16,18-27,29,31,39,41-42,46H,14,17,28,30H2,1-7H3/t39-,41+,42?,46-/m1/s1. The van der Waals surface area contributed by atoms with E-state index >= 15 is 4.39 Å². The fourth-order valence-corrected chi connectivity index (χ4v) is 9.51. The van der Waals surface area contributed by atoms with Gasteiger partial charge in [0.15, 0.2) is 20.7 Å². The van der Waals surface area contributed by atoms with Gasteiger partial charge in [0.2, 0.25) is 0 Å². The van der Waals surface area contributed by atoms with Crippen molar-refractivity contribution >= 4 is 31.1 Å². The first-order valence-electron chi connectivity index (χ1n) is 20.5. The quantitative estimate of drug-likeness (QED) is 0.0889. The number of nitrogens with zero attached hydrogens (tertiary/aromatic N) is 4. The molecule has 1 saturated heterocycles. The Morgan fingerprint density at radius 1 is 0.833 bits per heavy atom. The van der Waals surface area contributed by atoms with Gasteiger partial charge < -0.3 is 27.9 Å². The van der Waals surface area contributed by atoms with Gasteiger partial charge in [-0.25, -0.2) is 14.4 Å². The lowest BCUT2D eigenvalue weighted by Gasteiger charge is -2.40. The Morgan fingerprint density at radius 3 is 2.00 bits per heavy atom. The smallest absolute Gasteiger partial charge is 0.259 e. The molecule has 2 aliphatic rings. The van der Waals surface area contributed by atoms with E-state index in [1.54, 1.807) is 35.8 Å². The van der Waals surface area contributed by atoms with E-state index in [0.29, 0.717) is 47.9 Å². The maximum atomic E-state index is 17.7. The predicted molar refractivity (Wildman–Crippen MR) is 233 cm³/mol. The van der Waals surface area contributed by atoms with E-state index in [-0.39, 0.29) is 17.6 Å². The molecule has 1 unspecified atom stereocenters. The molecular formula is C48H53FN4O6Si. The van der Waals surface area contributed by atoms with E-state index in [9.17, 15) is 4.79 Å². The summed E-state index contributed by atoms with van der Waals surface area (Å²) in [5.41, 5.74) is 3.42. The summed E-state index contributed by atoms with van der Waals surface area (Å²) in [6.45, 7) is 11.2. The van der Waals surface area contributed by atoms with Crippen LogP contribution in [0.15, 0.2) is 122 Å². The van der Waals surface area contributed by atoms with Crippen molar-refractivity contribution in [2.75, 3.05) is 32.3 Å². The van der Waals surface area contributed by atoms with Crippen molar-refractivity contribution in [2.24, 2.45) is 0 Å². The summed E-state index contributed by atoms with van der Waals surface area (Å²) in [6, 6.07) is 34.8. The normalized spacial score (nSPS) is 19.6. The van der Waals surface area contributed by atoms with Crippen LogP contribution in [-0.4, -0.2) is 74.5 Å². The number of benzene rings is 4. The van der Waals surface area contributed by atoms with Crippen molar-refractivity contribution in [1.82, 2.24) is 14.5 Å². The molecule has 12 heteroatoms. The third kappa shape index (κ3) is 7.50. The van der Waals surface area contributed by atoms with Crippen LogP contribution in [0.1, 0.15) is 66.0 Å². The lowest BCUT2D eigenvalue weighted by atomic mass is 9.80. The molecule has 1 fully saturated rings. The second-order valence-electron chi connectivity index (χ2n) is 17.1. The minimum absolute atomic E-state index is 0.0190. The van der Waals surface area contributed by atoms with Crippen molar-refractivity contribution in [1.29, 1.82) is 0 Å². The molecule has 312 valence electrons. The third-order valence-electron chi connectivity index (χ3n) is 12.4. The lowest BCUT2D eigenvalue weighted by molar-refractivity contribution is -0.0920. The molecule has 10 nitrogen and oxygen atoms in total. The van der Waals surface area contributed by atoms with Crippen LogP contribution >= 0.6 is 0 Å². The number of hydrogen-bond acceptors (Lipinski definition) is 8. The second kappa shape index (κ2) is 16.6. The van der Waals surface area contributed by atoms with E-state index in [0.717, 1.165) is 27.6 Å². The molecule has 4 atom stereocenters. The summed E-state index contributed by atoms with van der Waals surface area (Å²) in [7, 11) is 0.707. The molecule has 0 saturated carbocycles. The zero-order valence-corrected chi connectivity index (χ0v) is 36.3.